The van der Waals surface area contributed by atoms with Crippen molar-refractivity contribution < 1.29 is 17.2 Å². The zero-order valence-corrected chi connectivity index (χ0v) is 12.2. The molecule has 100 valence electrons. The minimum absolute atomic E-state index is 0.0256. The first-order valence-electron chi connectivity index (χ1n) is 5.60. The summed E-state index contributed by atoms with van der Waals surface area (Å²) in [7, 11) is -3.03. The molecule has 1 aromatic rings. The molecule has 1 aliphatic rings. The van der Waals surface area contributed by atoms with E-state index in [4.69, 9.17) is 0 Å². The van der Waals surface area contributed by atoms with E-state index in [1.807, 2.05) is 0 Å². The summed E-state index contributed by atoms with van der Waals surface area (Å²) >= 11 is 3.30. The molecule has 0 aromatic heterocycles. The van der Waals surface area contributed by atoms with Gasteiger partial charge in [-0.2, -0.15) is 0 Å². The highest BCUT2D eigenvalue weighted by Crippen LogP contribution is 2.39. The zero-order chi connectivity index (χ0) is 13.5. The lowest BCUT2D eigenvalue weighted by atomic mass is 9.97. The van der Waals surface area contributed by atoms with Gasteiger partial charge in [0, 0.05) is 10.4 Å². The molecule has 0 N–H and O–H groups in total. The Morgan fingerprint density at radius 1 is 1.33 bits per heavy atom. The largest absolute Gasteiger partial charge is 0.229 e. The van der Waals surface area contributed by atoms with Gasteiger partial charge in [0.05, 0.1) is 11.5 Å². The summed E-state index contributed by atoms with van der Waals surface area (Å²) in [5.41, 5.74) is 0.440. The molecule has 0 bridgehead atoms. The second-order valence-corrected chi connectivity index (χ2v) is 7.90. The van der Waals surface area contributed by atoms with Crippen LogP contribution >= 0.6 is 15.9 Å². The highest BCUT2D eigenvalue weighted by molar-refractivity contribution is 9.09. The molecule has 6 heteroatoms. The lowest BCUT2D eigenvalue weighted by Gasteiger charge is -2.17. The van der Waals surface area contributed by atoms with Crippen molar-refractivity contribution in [2.24, 2.45) is 5.92 Å². The Morgan fingerprint density at radius 3 is 2.56 bits per heavy atom. The molecule has 0 amide bonds. The number of sulfone groups is 1. The van der Waals surface area contributed by atoms with Crippen molar-refractivity contribution in [2.75, 3.05) is 11.5 Å². The lowest BCUT2D eigenvalue weighted by molar-refractivity contribution is 0.534. The average Bonchev–Trinajstić information content (AvgIpc) is 2.63. The van der Waals surface area contributed by atoms with Crippen molar-refractivity contribution >= 4 is 25.8 Å². The van der Waals surface area contributed by atoms with Crippen LogP contribution in [0, 0.1) is 24.5 Å². The van der Waals surface area contributed by atoms with E-state index in [9.17, 15) is 17.2 Å². The Hall–Kier alpha value is -0.490. The van der Waals surface area contributed by atoms with E-state index in [2.05, 4.69) is 15.9 Å². The molecule has 1 saturated heterocycles. The Kier molecular flexibility index (Phi) is 3.78. The summed E-state index contributed by atoms with van der Waals surface area (Å²) in [6.07, 6.45) is 0.479. The highest BCUT2D eigenvalue weighted by Gasteiger charge is 2.34. The van der Waals surface area contributed by atoms with Gasteiger partial charge < -0.3 is 0 Å². The van der Waals surface area contributed by atoms with Gasteiger partial charge in [-0.3, -0.25) is 0 Å². The second kappa shape index (κ2) is 4.89. The van der Waals surface area contributed by atoms with E-state index < -0.39 is 26.3 Å². The van der Waals surface area contributed by atoms with Crippen LogP contribution in [0.1, 0.15) is 22.4 Å². The van der Waals surface area contributed by atoms with Gasteiger partial charge in [-0.25, -0.2) is 17.2 Å². The van der Waals surface area contributed by atoms with Crippen LogP contribution < -0.4 is 0 Å². The standard InChI is InChI=1S/C12H13BrF2O2S/c1-7-4-11(15)9(5-10(7)14)12(13)8-2-3-18(16,17)6-8/h4-5,8,12H,2-3,6H2,1H3. The van der Waals surface area contributed by atoms with Crippen molar-refractivity contribution in [3.63, 3.8) is 0 Å². The van der Waals surface area contributed by atoms with Crippen LogP contribution in [-0.2, 0) is 9.84 Å². The molecule has 1 aromatic carbocycles. The summed E-state index contributed by atoms with van der Waals surface area (Å²) < 4.78 is 50.0. The molecule has 2 rings (SSSR count). The number of aryl methyl sites for hydroxylation is 1. The van der Waals surface area contributed by atoms with Gasteiger partial charge in [-0.1, -0.05) is 15.9 Å². The first kappa shape index (κ1) is 13.9. The quantitative estimate of drug-likeness (QED) is 0.776. The van der Waals surface area contributed by atoms with E-state index >= 15 is 0 Å². The number of halogens is 3. The summed E-state index contributed by atoms with van der Waals surface area (Å²) in [5.74, 6) is -1.03. The van der Waals surface area contributed by atoms with Gasteiger partial charge in [0.1, 0.15) is 11.6 Å². The SMILES string of the molecule is Cc1cc(F)c(C(Br)C2CCS(=O)(=O)C2)cc1F. The molecule has 0 aliphatic carbocycles. The van der Waals surface area contributed by atoms with Crippen molar-refractivity contribution in [3.8, 4) is 0 Å². The maximum atomic E-state index is 13.8. The van der Waals surface area contributed by atoms with Crippen LogP contribution in [0.15, 0.2) is 12.1 Å². The Morgan fingerprint density at radius 2 is 2.00 bits per heavy atom. The van der Waals surface area contributed by atoms with Gasteiger partial charge in [-0.05, 0) is 37.0 Å². The summed E-state index contributed by atoms with van der Waals surface area (Å²) in [4.78, 5) is -0.468. The third kappa shape index (κ3) is 2.74. The fraction of sp³-hybridized carbons (Fsp3) is 0.500. The van der Waals surface area contributed by atoms with E-state index in [0.29, 0.717) is 6.42 Å². The number of hydrogen-bond acceptors (Lipinski definition) is 2. The molecule has 0 spiro atoms. The van der Waals surface area contributed by atoms with E-state index in [1.54, 1.807) is 0 Å². The minimum atomic E-state index is -3.03. The van der Waals surface area contributed by atoms with Crippen molar-refractivity contribution in [1.82, 2.24) is 0 Å². The van der Waals surface area contributed by atoms with Crippen molar-refractivity contribution in [1.29, 1.82) is 0 Å². The predicted molar refractivity (Wildman–Crippen MR) is 69.5 cm³/mol. The zero-order valence-electron chi connectivity index (χ0n) is 9.79. The summed E-state index contributed by atoms with van der Waals surface area (Å²) in [5, 5.41) is 0. The number of benzene rings is 1. The fourth-order valence-corrected chi connectivity index (χ4v) is 5.07. The van der Waals surface area contributed by atoms with E-state index in [0.717, 1.165) is 12.1 Å². The van der Waals surface area contributed by atoms with Crippen molar-refractivity contribution in [3.05, 3.63) is 34.9 Å². The Bertz CT molecular complexity index is 572. The lowest BCUT2D eigenvalue weighted by Crippen LogP contribution is -2.12. The normalized spacial score (nSPS) is 24.1. The predicted octanol–water partition coefficient (Wildman–Crippen LogP) is 3.14. The molecule has 2 nitrogen and oxygen atoms in total. The van der Waals surface area contributed by atoms with Gasteiger partial charge in [0.2, 0.25) is 0 Å². The number of hydrogen-bond donors (Lipinski definition) is 0. The van der Waals surface area contributed by atoms with Crippen LogP contribution in [0.25, 0.3) is 0 Å². The molecule has 1 heterocycles. The topological polar surface area (TPSA) is 34.1 Å². The molecule has 18 heavy (non-hydrogen) atoms. The first-order chi connectivity index (χ1) is 8.30. The molecule has 1 fully saturated rings. The number of alkyl halides is 1. The van der Waals surface area contributed by atoms with Crippen LogP contribution in [-0.4, -0.2) is 19.9 Å². The van der Waals surface area contributed by atoms with Gasteiger partial charge in [0.25, 0.3) is 0 Å². The summed E-state index contributed by atoms with van der Waals surface area (Å²) in [6.45, 7) is 1.49. The van der Waals surface area contributed by atoms with Crippen LogP contribution in [0.3, 0.4) is 0 Å². The summed E-state index contributed by atoms with van der Waals surface area (Å²) in [6, 6.07) is 2.29. The first-order valence-corrected chi connectivity index (χ1v) is 8.34. The van der Waals surface area contributed by atoms with E-state index in [-0.39, 0.29) is 28.6 Å². The highest BCUT2D eigenvalue weighted by atomic mass is 79.9. The fourth-order valence-electron chi connectivity index (χ4n) is 2.18. The molecular formula is C12H13BrF2O2S. The second-order valence-electron chi connectivity index (χ2n) is 4.69. The van der Waals surface area contributed by atoms with Gasteiger partial charge in [0.15, 0.2) is 9.84 Å². The van der Waals surface area contributed by atoms with Gasteiger partial charge in [-0.15, -0.1) is 0 Å². The Balaban J connectivity index is 2.30. The van der Waals surface area contributed by atoms with Crippen molar-refractivity contribution in [2.45, 2.75) is 18.2 Å². The minimum Gasteiger partial charge on any atom is -0.229 e. The molecule has 1 aliphatic heterocycles. The molecule has 2 unspecified atom stereocenters. The molecular weight excluding hydrogens is 326 g/mol. The van der Waals surface area contributed by atoms with Crippen LogP contribution in [0.4, 0.5) is 8.78 Å². The third-order valence-electron chi connectivity index (χ3n) is 3.26. The average molecular weight is 339 g/mol. The van der Waals surface area contributed by atoms with Crippen LogP contribution in [0.2, 0.25) is 0 Å². The Labute approximate surface area is 113 Å². The van der Waals surface area contributed by atoms with E-state index in [1.165, 1.54) is 6.92 Å². The monoisotopic (exact) mass is 338 g/mol. The maximum absolute atomic E-state index is 13.8. The third-order valence-corrected chi connectivity index (χ3v) is 6.29. The number of rotatable bonds is 2. The maximum Gasteiger partial charge on any atom is 0.150 e. The molecule has 0 radical (unpaired) electrons. The molecule has 2 atom stereocenters. The molecule has 0 saturated carbocycles. The van der Waals surface area contributed by atoms with Gasteiger partial charge >= 0.3 is 0 Å². The van der Waals surface area contributed by atoms with Crippen LogP contribution in [0.5, 0.6) is 0 Å². The smallest absolute Gasteiger partial charge is 0.150 e.